The Morgan fingerprint density at radius 3 is 2.71 bits per heavy atom. The summed E-state index contributed by atoms with van der Waals surface area (Å²) in [6.45, 7) is 1.97. The van der Waals surface area contributed by atoms with Gasteiger partial charge in [-0.15, -0.1) is 11.3 Å². The Labute approximate surface area is 144 Å². The number of hydrogen-bond acceptors (Lipinski definition) is 4. The molecule has 0 spiro atoms. The lowest BCUT2D eigenvalue weighted by molar-refractivity contribution is 1.35. The number of aryl methyl sites for hydroxylation is 1. The van der Waals surface area contributed by atoms with E-state index < -0.39 is 0 Å². The fourth-order valence-corrected chi connectivity index (χ4v) is 3.66. The number of anilines is 3. The molecule has 1 heterocycles. The molecule has 0 radical (unpaired) electrons. The predicted molar refractivity (Wildman–Crippen MR) is 96.2 cm³/mol. The van der Waals surface area contributed by atoms with Crippen LogP contribution in [0.4, 0.5) is 17.1 Å². The van der Waals surface area contributed by atoms with Gasteiger partial charge in [0.2, 0.25) is 0 Å². The van der Waals surface area contributed by atoms with Gasteiger partial charge in [0.1, 0.15) is 0 Å². The smallest absolute Gasteiger partial charge is 0.0907 e. The molecule has 21 heavy (non-hydrogen) atoms. The minimum Gasteiger partial charge on any atom is -0.397 e. The Bertz CT molecular complexity index is 848. The van der Waals surface area contributed by atoms with Gasteiger partial charge in [-0.25, -0.2) is 4.98 Å². The van der Waals surface area contributed by atoms with Crippen molar-refractivity contribution < 1.29 is 0 Å². The fourth-order valence-electron chi connectivity index (χ4n) is 1.98. The molecule has 3 N–H and O–H groups in total. The predicted octanol–water partition coefficient (Wildman–Crippen LogP) is 6.00. The van der Waals surface area contributed by atoms with Crippen LogP contribution < -0.4 is 11.1 Å². The standard InChI is InChI=1S/C14H10BrCl2N3S/c1-6-19-11-5-10(8(18)4-12(11)21-6)20-9-3-2-7(15)13(16)14(9)17/h2-5,20H,18H2,1H3. The fraction of sp³-hybridized carbons (Fsp3) is 0.0714. The van der Waals surface area contributed by atoms with Crippen LogP contribution in [-0.2, 0) is 0 Å². The summed E-state index contributed by atoms with van der Waals surface area (Å²) in [4.78, 5) is 4.47. The summed E-state index contributed by atoms with van der Waals surface area (Å²) in [6, 6.07) is 7.50. The third kappa shape index (κ3) is 2.83. The second-order valence-corrected chi connectivity index (χ2v) is 7.33. The minimum absolute atomic E-state index is 0.444. The molecule has 2 aromatic carbocycles. The molecule has 0 fully saturated rings. The van der Waals surface area contributed by atoms with E-state index >= 15 is 0 Å². The van der Waals surface area contributed by atoms with E-state index in [-0.39, 0.29) is 0 Å². The molecule has 0 unspecified atom stereocenters. The molecular weight excluding hydrogens is 393 g/mol. The molecule has 0 aliphatic heterocycles. The summed E-state index contributed by atoms with van der Waals surface area (Å²) in [5, 5.41) is 5.13. The van der Waals surface area contributed by atoms with Gasteiger partial charge in [0.05, 0.1) is 42.3 Å². The number of aromatic nitrogens is 1. The lowest BCUT2D eigenvalue weighted by atomic mass is 10.2. The van der Waals surface area contributed by atoms with E-state index in [2.05, 4.69) is 26.2 Å². The Morgan fingerprint density at radius 2 is 1.95 bits per heavy atom. The number of thiazole rings is 1. The van der Waals surface area contributed by atoms with Gasteiger partial charge in [0.25, 0.3) is 0 Å². The summed E-state index contributed by atoms with van der Waals surface area (Å²) in [7, 11) is 0. The summed E-state index contributed by atoms with van der Waals surface area (Å²) >= 11 is 17.3. The van der Waals surface area contributed by atoms with Gasteiger partial charge in [-0.3, -0.25) is 0 Å². The molecule has 0 saturated carbocycles. The zero-order valence-electron chi connectivity index (χ0n) is 10.9. The second kappa shape index (κ2) is 5.65. The van der Waals surface area contributed by atoms with Crippen molar-refractivity contribution in [1.29, 1.82) is 0 Å². The van der Waals surface area contributed by atoms with Crippen molar-refractivity contribution in [1.82, 2.24) is 4.98 Å². The summed E-state index contributed by atoms with van der Waals surface area (Å²) in [5.74, 6) is 0. The Kier molecular flexibility index (Phi) is 4.01. The van der Waals surface area contributed by atoms with Gasteiger partial charge in [-0.1, -0.05) is 23.2 Å². The minimum atomic E-state index is 0.444. The monoisotopic (exact) mass is 401 g/mol. The van der Waals surface area contributed by atoms with Crippen molar-refractivity contribution in [3.05, 3.63) is 43.8 Å². The maximum absolute atomic E-state index is 6.24. The number of nitrogens with zero attached hydrogens (tertiary/aromatic N) is 1. The van der Waals surface area contributed by atoms with Crippen molar-refractivity contribution in [2.45, 2.75) is 6.92 Å². The highest BCUT2D eigenvalue weighted by Gasteiger charge is 2.11. The van der Waals surface area contributed by atoms with Crippen LogP contribution in [0, 0.1) is 6.92 Å². The summed E-state index contributed by atoms with van der Waals surface area (Å²) < 4.78 is 1.81. The van der Waals surface area contributed by atoms with Gasteiger partial charge in [0, 0.05) is 4.47 Å². The van der Waals surface area contributed by atoms with Gasteiger partial charge in [-0.2, -0.15) is 0 Å². The van der Waals surface area contributed by atoms with Crippen molar-refractivity contribution in [3.8, 4) is 0 Å². The first-order valence-corrected chi connectivity index (χ1v) is 8.39. The van der Waals surface area contributed by atoms with E-state index in [1.807, 2.05) is 31.2 Å². The molecule has 108 valence electrons. The highest BCUT2D eigenvalue weighted by Crippen LogP contribution is 2.39. The van der Waals surface area contributed by atoms with Gasteiger partial charge in [0.15, 0.2) is 0 Å². The molecule has 0 aliphatic carbocycles. The molecule has 3 aromatic rings. The maximum atomic E-state index is 6.24. The van der Waals surface area contributed by atoms with Crippen LogP contribution in [0.15, 0.2) is 28.7 Å². The molecule has 7 heteroatoms. The highest BCUT2D eigenvalue weighted by atomic mass is 79.9. The molecular formula is C14H10BrCl2N3S. The first-order chi connectivity index (χ1) is 9.95. The third-order valence-corrected chi connectivity index (χ3v) is 5.68. The van der Waals surface area contributed by atoms with Gasteiger partial charge < -0.3 is 11.1 Å². The molecule has 0 aliphatic rings. The number of halogens is 3. The van der Waals surface area contributed by atoms with E-state index in [4.69, 9.17) is 28.9 Å². The summed E-state index contributed by atoms with van der Waals surface area (Å²) in [5.41, 5.74) is 9.10. The van der Waals surface area contributed by atoms with Gasteiger partial charge >= 0.3 is 0 Å². The number of hydrogen-bond donors (Lipinski definition) is 2. The molecule has 3 nitrogen and oxygen atoms in total. The number of nitrogen functional groups attached to an aromatic ring is 1. The number of rotatable bonds is 2. The van der Waals surface area contributed by atoms with Crippen molar-refractivity contribution in [2.75, 3.05) is 11.1 Å². The van der Waals surface area contributed by atoms with Crippen LogP contribution in [0.5, 0.6) is 0 Å². The Morgan fingerprint density at radius 1 is 1.19 bits per heavy atom. The topological polar surface area (TPSA) is 50.9 Å². The number of nitrogens with two attached hydrogens (primary N) is 1. The average molecular weight is 403 g/mol. The number of benzene rings is 2. The van der Waals surface area contributed by atoms with E-state index in [0.29, 0.717) is 21.4 Å². The average Bonchev–Trinajstić information content (AvgIpc) is 2.79. The van der Waals surface area contributed by atoms with E-state index in [9.17, 15) is 0 Å². The number of nitrogens with one attached hydrogen (secondary N) is 1. The molecule has 0 amide bonds. The highest BCUT2D eigenvalue weighted by molar-refractivity contribution is 9.10. The zero-order chi connectivity index (χ0) is 15.1. The third-order valence-electron chi connectivity index (χ3n) is 2.97. The normalized spacial score (nSPS) is 11.0. The van der Waals surface area contributed by atoms with E-state index in [1.165, 1.54) is 0 Å². The van der Waals surface area contributed by atoms with Crippen molar-refractivity contribution in [2.24, 2.45) is 0 Å². The second-order valence-electron chi connectivity index (χ2n) is 4.49. The van der Waals surface area contributed by atoms with Crippen LogP contribution in [-0.4, -0.2) is 4.98 Å². The molecule has 0 atom stereocenters. The number of fused-ring (bicyclic) bond motifs is 1. The van der Waals surface area contributed by atoms with E-state index in [1.54, 1.807) is 11.3 Å². The van der Waals surface area contributed by atoms with Crippen LogP contribution in [0.2, 0.25) is 10.0 Å². The molecule has 3 rings (SSSR count). The first-order valence-electron chi connectivity index (χ1n) is 6.03. The quantitative estimate of drug-likeness (QED) is 0.408. The zero-order valence-corrected chi connectivity index (χ0v) is 14.8. The van der Waals surface area contributed by atoms with Crippen LogP contribution in [0.25, 0.3) is 10.2 Å². The summed E-state index contributed by atoms with van der Waals surface area (Å²) in [6.07, 6.45) is 0. The maximum Gasteiger partial charge on any atom is 0.0907 e. The lowest BCUT2D eigenvalue weighted by Gasteiger charge is -2.12. The SMILES string of the molecule is Cc1nc2cc(Nc3ccc(Br)c(Cl)c3Cl)c(N)cc2s1. The van der Waals surface area contributed by atoms with Gasteiger partial charge in [-0.05, 0) is 47.1 Å². The first kappa shape index (κ1) is 14.9. The van der Waals surface area contributed by atoms with Crippen LogP contribution in [0.3, 0.4) is 0 Å². The van der Waals surface area contributed by atoms with Crippen molar-refractivity contribution in [3.63, 3.8) is 0 Å². The Hall–Kier alpha value is -1.01. The molecule has 1 aromatic heterocycles. The Balaban J connectivity index is 2.05. The van der Waals surface area contributed by atoms with Crippen LogP contribution in [0.1, 0.15) is 5.01 Å². The lowest BCUT2D eigenvalue weighted by Crippen LogP contribution is -1.97. The largest absolute Gasteiger partial charge is 0.397 e. The molecule has 0 bridgehead atoms. The van der Waals surface area contributed by atoms with Crippen molar-refractivity contribution >= 4 is 77.7 Å². The van der Waals surface area contributed by atoms with E-state index in [0.717, 1.165) is 25.4 Å². The van der Waals surface area contributed by atoms with Crippen LogP contribution >= 0.6 is 50.5 Å². The molecule has 0 saturated heterocycles.